The molecule has 1 rings (SSSR count). The lowest BCUT2D eigenvalue weighted by Crippen LogP contribution is -2.27. The van der Waals surface area contributed by atoms with Gasteiger partial charge in [0, 0.05) is 19.0 Å². The highest BCUT2D eigenvalue weighted by atomic mass is 19.1. The van der Waals surface area contributed by atoms with Crippen LogP contribution in [-0.2, 0) is 0 Å². The molecule has 0 heterocycles. The second kappa shape index (κ2) is 9.35. The zero-order valence-corrected chi connectivity index (χ0v) is 12.2. The maximum absolute atomic E-state index is 13.7. The van der Waals surface area contributed by atoms with E-state index in [-0.39, 0.29) is 6.61 Å². The Morgan fingerprint density at radius 3 is 2.65 bits per heavy atom. The highest BCUT2D eigenvalue weighted by Crippen LogP contribution is 2.16. The second-order valence-corrected chi connectivity index (χ2v) is 4.29. The van der Waals surface area contributed by atoms with E-state index >= 15 is 0 Å². The van der Waals surface area contributed by atoms with Gasteiger partial charge in [0.25, 0.3) is 0 Å². The number of ether oxygens (including phenoxy) is 1. The minimum Gasteiger partial charge on any atom is -0.492 e. The SMILES string of the molecule is CCN(CC)CCOc1ccc(C#CCCO)c(F)c1. The molecule has 0 amide bonds. The van der Waals surface area contributed by atoms with Crippen LogP contribution >= 0.6 is 0 Å². The third-order valence-corrected chi connectivity index (χ3v) is 2.97. The van der Waals surface area contributed by atoms with Crippen molar-refractivity contribution in [3.63, 3.8) is 0 Å². The summed E-state index contributed by atoms with van der Waals surface area (Å²) in [5.74, 6) is 5.51. The fourth-order valence-electron chi connectivity index (χ4n) is 1.73. The van der Waals surface area contributed by atoms with Crippen molar-refractivity contribution in [1.82, 2.24) is 4.90 Å². The average molecular weight is 279 g/mol. The third-order valence-electron chi connectivity index (χ3n) is 2.97. The third kappa shape index (κ3) is 5.60. The molecule has 0 aliphatic heterocycles. The lowest BCUT2D eigenvalue weighted by molar-refractivity contribution is 0.222. The molecule has 0 saturated carbocycles. The maximum Gasteiger partial charge on any atom is 0.142 e. The molecule has 4 heteroatoms. The Balaban J connectivity index is 2.53. The largest absolute Gasteiger partial charge is 0.492 e. The number of aliphatic hydroxyl groups excluding tert-OH is 1. The number of benzene rings is 1. The Hall–Kier alpha value is -1.57. The summed E-state index contributed by atoms with van der Waals surface area (Å²) in [6, 6.07) is 4.67. The van der Waals surface area contributed by atoms with Crippen molar-refractivity contribution in [3.8, 4) is 17.6 Å². The summed E-state index contributed by atoms with van der Waals surface area (Å²) in [6.07, 6.45) is 0.349. The fraction of sp³-hybridized carbons (Fsp3) is 0.500. The van der Waals surface area contributed by atoms with Crippen molar-refractivity contribution in [2.24, 2.45) is 0 Å². The molecule has 1 aromatic carbocycles. The van der Waals surface area contributed by atoms with Gasteiger partial charge < -0.3 is 14.7 Å². The molecule has 0 unspecified atom stereocenters. The van der Waals surface area contributed by atoms with Crippen LogP contribution in [0.2, 0.25) is 0 Å². The topological polar surface area (TPSA) is 32.7 Å². The number of likely N-dealkylation sites (N-methyl/N-ethyl adjacent to an activating group) is 1. The first kappa shape index (κ1) is 16.5. The Labute approximate surface area is 120 Å². The Kier molecular flexibility index (Phi) is 7.71. The molecular formula is C16H22FNO2. The molecule has 110 valence electrons. The van der Waals surface area contributed by atoms with Gasteiger partial charge in [-0.15, -0.1) is 0 Å². The lowest BCUT2D eigenvalue weighted by Gasteiger charge is -2.18. The van der Waals surface area contributed by atoms with Gasteiger partial charge in [0.2, 0.25) is 0 Å². The number of rotatable bonds is 7. The van der Waals surface area contributed by atoms with Crippen LogP contribution in [0.25, 0.3) is 0 Å². The van der Waals surface area contributed by atoms with E-state index in [2.05, 4.69) is 30.6 Å². The molecule has 1 aromatic rings. The average Bonchev–Trinajstić information content (AvgIpc) is 2.46. The smallest absolute Gasteiger partial charge is 0.142 e. The zero-order valence-electron chi connectivity index (χ0n) is 12.2. The van der Waals surface area contributed by atoms with E-state index in [1.165, 1.54) is 6.07 Å². The molecular weight excluding hydrogens is 257 g/mol. The van der Waals surface area contributed by atoms with E-state index < -0.39 is 5.82 Å². The van der Waals surface area contributed by atoms with Gasteiger partial charge in [-0.3, -0.25) is 0 Å². The lowest BCUT2D eigenvalue weighted by atomic mass is 10.2. The molecule has 3 nitrogen and oxygen atoms in total. The van der Waals surface area contributed by atoms with Gasteiger partial charge in [-0.1, -0.05) is 25.7 Å². The van der Waals surface area contributed by atoms with Crippen LogP contribution in [0, 0.1) is 17.7 Å². The van der Waals surface area contributed by atoms with Crippen LogP contribution in [0.5, 0.6) is 5.75 Å². The van der Waals surface area contributed by atoms with E-state index in [0.717, 1.165) is 19.6 Å². The molecule has 0 radical (unpaired) electrons. The number of halogens is 1. The molecule has 20 heavy (non-hydrogen) atoms. The Morgan fingerprint density at radius 1 is 1.30 bits per heavy atom. The first-order valence-corrected chi connectivity index (χ1v) is 6.95. The number of hydrogen-bond donors (Lipinski definition) is 1. The van der Waals surface area contributed by atoms with Gasteiger partial charge in [0.1, 0.15) is 18.2 Å². The molecule has 0 aliphatic rings. The molecule has 0 saturated heterocycles. The van der Waals surface area contributed by atoms with Gasteiger partial charge in [-0.05, 0) is 25.2 Å². The molecule has 0 bridgehead atoms. The predicted molar refractivity (Wildman–Crippen MR) is 78.3 cm³/mol. The van der Waals surface area contributed by atoms with Crippen molar-refractivity contribution in [3.05, 3.63) is 29.6 Å². The number of aliphatic hydroxyl groups is 1. The van der Waals surface area contributed by atoms with E-state index in [0.29, 0.717) is 24.3 Å². The summed E-state index contributed by atoms with van der Waals surface area (Å²) in [5, 5.41) is 8.62. The predicted octanol–water partition coefficient (Wildman–Crippen LogP) is 2.28. The van der Waals surface area contributed by atoms with Crippen LogP contribution in [-0.4, -0.2) is 42.9 Å². The van der Waals surface area contributed by atoms with E-state index in [9.17, 15) is 4.39 Å². The van der Waals surface area contributed by atoms with Crippen LogP contribution < -0.4 is 4.74 Å². The zero-order chi connectivity index (χ0) is 14.8. The van der Waals surface area contributed by atoms with Crippen LogP contribution in [0.4, 0.5) is 4.39 Å². The van der Waals surface area contributed by atoms with Crippen molar-refractivity contribution in [2.75, 3.05) is 32.8 Å². The Bertz CT molecular complexity index is 461. The van der Waals surface area contributed by atoms with E-state index in [1.54, 1.807) is 12.1 Å². The Morgan fingerprint density at radius 2 is 2.05 bits per heavy atom. The maximum atomic E-state index is 13.7. The van der Waals surface area contributed by atoms with E-state index in [1.807, 2.05) is 0 Å². The summed E-state index contributed by atoms with van der Waals surface area (Å²) < 4.78 is 19.3. The van der Waals surface area contributed by atoms with Crippen molar-refractivity contribution in [2.45, 2.75) is 20.3 Å². The van der Waals surface area contributed by atoms with Crippen molar-refractivity contribution in [1.29, 1.82) is 0 Å². The summed E-state index contributed by atoms with van der Waals surface area (Å²) in [5.41, 5.74) is 0.328. The molecule has 0 aliphatic carbocycles. The summed E-state index contributed by atoms with van der Waals surface area (Å²) in [4.78, 5) is 2.24. The van der Waals surface area contributed by atoms with E-state index in [4.69, 9.17) is 9.84 Å². The highest BCUT2D eigenvalue weighted by molar-refractivity contribution is 5.39. The van der Waals surface area contributed by atoms with Gasteiger partial charge in [0.05, 0.1) is 12.2 Å². The van der Waals surface area contributed by atoms with Crippen LogP contribution in [0.3, 0.4) is 0 Å². The van der Waals surface area contributed by atoms with Crippen molar-refractivity contribution < 1.29 is 14.2 Å². The molecule has 0 atom stereocenters. The molecule has 0 spiro atoms. The first-order chi connectivity index (χ1) is 9.71. The standard InChI is InChI=1S/C16H22FNO2/c1-3-18(4-2)10-12-20-15-9-8-14(16(17)13-15)7-5-6-11-19/h8-9,13,19H,3-4,6,10-12H2,1-2H3. The highest BCUT2D eigenvalue weighted by Gasteiger charge is 2.03. The summed E-state index contributed by atoms with van der Waals surface area (Å²) >= 11 is 0. The normalized spacial score (nSPS) is 10.2. The van der Waals surface area contributed by atoms with Crippen molar-refractivity contribution >= 4 is 0 Å². The van der Waals surface area contributed by atoms with Gasteiger partial charge in [-0.2, -0.15) is 0 Å². The molecule has 1 N–H and O–H groups in total. The monoisotopic (exact) mass is 279 g/mol. The van der Waals surface area contributed by atoms with Gasteiger partial charge >= 0.3 is 0 Å². The minimum atomic E-state index is -0.393. The van der Waals surface area contributed by atoms with Gasteiger partial charge in [0.15, 0.2) is 0 Å². The molecule has 0 fully saturated rings. The summed E-state index contributed by atoms with van der Waals surface area (Å²) in [7, 11) is 0. The van der Waals surface area contributed by atoms with Gasteiger partial charge in [-0.25, -0.2) is 4.39 Å². The number of nitrogens with zero attached hydrogens (tertiary/aromatic N) is 1. The summed E-state index contributed by atoms with van der Waals surface area (Å²) in [6.45, 7) is 7.51. The second-order valence-electron chi connectivity index (χ2n) is 4.29. The fourth-order valence-corrected chi connectivity index (χ4v) is 1.73. The minimum absolute atomic E-state index is 0.0127. The molecule has 0 aromatic heterocycles. The quantitative estimate of drug-likeness (QED) is 0.777. The first-order valence-electron chi connectivity index (χ1n) is 6.95. The number of hydrogen-bond acceptors (Lipinski definition) is 3. The van der Waals surface area contributed by atoms with Crippen LogP contribution in [0.1, 0.15) is 25.8 Å². The van der Waals surface area contributed by atoms with Crippen LogP contribution in [0.15, 0.2) is 18.2 Å².